The topological polar surface area (TPSA) is 107 Å². The number of amides is 2. The lowest BCUT2D eigenvalue weighted by molar-refractivity contribution is -0.118. The Kier molecular flexibility index (Phi) is 5.66. The lowest BCUT2D eigenvalue weighted by atomic mass is 10.1. The molecule has 6 nitrogen and oxygen atoms in total. The summed E-state index contributed by atoms with van der Waals surface area (Å²) in [6, 6.07) is 5.04. The van der Waals surface area contributed by atoms with Crippen LogP contribution in [0.5, 0.6) is 5.75 Å². The second kappa shape index (κ2) is 7.25. The van der Waals surface area contributed by atoms with Crippen LogP contribution in [0.15, 0.2) is 18.2 Å². The standard InChI is InChI=1S/C13H19N3O3/c1-19-10-6-4-5-9(14)12(10)13(18)16-8-3-2-7-11(15)17/h4-6H,2-3,7-8,14H2,1H3,(H2,15,17)(H,16,18). The Labute approximate surface area is 112 Å². The van der Waals surface area contributed by atoms with Crippen LogP contribution in [-0.4, -0.2) is 25.5 Å². The molecule has 0 heterocycles. The predicted octanol–water partition coefficient (Wildman–Crippen LogP) is 0.663. The van der Waals surface area contributed by atoms with Gasteiger partial charge in [0.25, 0.3) is 5.91 Å². The molecule has 19 heavy (non-hydrogen) atoms. The molecule has 0 aliphatic carbocycles. The van der Waals surface area contributed by atoms with E-state index in [1.165, 1.54) is 7.11 Å². The van der Waals surface area contributed by atoms with Crippen molar-refractivity contribution < 1.29 is 14.3 Å². The van der Waals surface area contributed by atoms with Gasteiger partial charge in [-0.15, -0.1) is 0 Å². The fourth-order valence-electron chi connectivity index (χ4n) is 1.68. The van der Waals surface area contributed by atoms with E-state index in [9.17, 15) is 9.59 Å². The summed E-state index contributed by atoms with van der Waals surface area (Å²) in [7, 11) is 1.48. The lowest BCUT2D eigenvalue weighted by Gasteiger charge is -2.11. The molecule has 0 unspecified atom stereocenters. The minimum atomic E-state index is -0.333. The number of anilines is 1. The van der Waals surface area contributed by atoms with Crippen LogP contribution in [0.1, 0.15) is 29.6 Å². The Morgan fingerprint density at radius 2 is 2.05 bits per heavy atom. The average molecular weight is 265 g/mol. The lowest BCUT2D eigenvalue weighted by Crippen LogP contribution is -2.26. The van der Waals surface area contributed by atoms with Crippen molar-refractivity contribution in [2.45, 2.75) is 19.3 Å². The molecule has 0 spiro atoms. The van der Waals surface area contributed by atoms with Crippen LogP contribution in [0.3, 0.4) is 0 Å². The Morgan fingerprint density at radius 1 is 1.32 bits per heavy atom. The highest BCUT2D eigenvalue weighted by molar-refractivity contribution is 6.01. The van der Waals surface area contributed by atoms with Gasteiger partial charge in [0.2, 0.25) is 5.91 Å². The zero-order valence-electron chi connectivity index (χ0n) is 10.9. The molecule has 0 atom stereocenters. The minimum absolute atomic E-state index is 0.283. The number of unbranched alkanes of at least 4 members (excludes halogenated alkanes) is 1. The molecule has 0 bridgehead atoms. The monoisotopic (exact) mass is 265 g/mol. The zero-order chi connectivity index (χ0) is 14.3. The van der Waals surface area contributed by atoms with Crippen molar-refractivity contribution in [3.63, 3.8) is 0 Å². The molecular formula is C13H19N3O3. The van der Waals surface area contributed by atoms with Gasteiger partial charge in [-0.25, -0.2) is 0 Å². The molecule has 0 saturated heterocycles. The molecule has 0 fully saturated rings. The van der Waals surface area contributed by atoms with Crippen molar-refractivity contribution in [2.75, 3.05) is 19.4 Å². The minimum Gasteiger partial charge on any atom is -0.496 e. The first-order valence-electron chi connectivity index (χ1n) is 6.05. The first-order valence-corrected chi connectivity index (χ1v) is 6.05. The van der Waals surface area contributed by atoms with E-state index < -0.39 is 0 Å². The molecule has 0 aromatic heterocycles. The van der Waals surface area contributed by atoms with Gasteiger partial charge in [-0.1, -0.05) is 6.07 Å². The third kappa shape index (κ3) is 4.50. The van der Waals surface area contributed by atoms with Crippen LogP contribution in [0.2, 0.25) is 0 Å². The largest absolute Gasteiger partial charge is 0.496 e. The highest BCUT2D eigenvalue weighted by Gasteiger charge is 2.14. The maximum Gasteiger partial charge on any atom is 0.257 e. The van der Waals surface area contributed by atoms with Gasteiger partial charge in [0.05, 0.1) is 7.11 Å². The van der Waals surface area contributed by atoms with E-state index >= 15 is 0 Å². The molecule has 0 saturated carbocycles. The number of rotatable bonds is 7. The first-order chi connectivity index (χ1) is 9.06. The summed E-state index contributed by atoms with van der Waals surface area (Å²) in [5.74, 6) is -0.177. The van der Waals surface area contributed by atoms with Gasteiger partial charge in [-0.3, -0.25) is 9.59 Å². The van der Waals surface area contributed by atoms with Crippen molar-refractivity contribution in [1.29, 1.82) is 0 Å². The molecule has 1 aromatic carbocycles. The number of benzene rings is 1. The van der Waals surface area contributed by atoms with Gasteiger partial charge >= 0.3 is 0 Å². The van der Waals surface area contributed by atoms with E-state index in [1.54, 1.807) is 18.2 Å². The van der Waals surface area contributed by atoms with Crippen molar-refractivity contribution in [3.8, 4) is 5.75 Å². The van der Waals surface area contributed by atoms with Crippen LogP contribution < -0.4 is 21.5 Å². The molecule has 1 rings (SSSR count). The number of hydrogen-bond donors (Lipinski definition) is 3. The Bertz CT molecular complexity index is 460. The number of carbonyl (C=O) groups excluding carboxylic acids is 2. The molecule has 2 amide bonds. The summed E-state index contributed by atoms with van der Waals surface area (Å²) in [6.07, 6.45) is 1.66. The molecule has 0 aliphatic heterocycles. The predicted molar refractivity (Wildman–Crippen MR) is 72.8 cm³/mol. The molecule has 0 aliphatic rings. The number of ether oxygens (including phenoxy) is 1. The molecule has 6 heteroatoms. The number of nitrogens with two attached hydrogens (primary N) is 2. The van der Waals surface area contributed by atoms with E-state index in [4.69, 9.17) is 16.2 Å². The fourth-order valence-corrected chi connectivity index (χ4v) is 1.68. The maximum absolute atomic E-state index is 12.0. The van der Waals surface area contributed by atoms with E-state index in [-0.39, 0.29) is 11.8 Å². The van der Waals surface area contributed by atoms with Gasteiger partial charge in [0, 0.05) is 18.7 Å². The number of primary amides is 1. The zero-order valence-corrected chi connectivity index (χ0v) is 10.9. The number of nitrogens with one attached hydrogen (secondary N) is 1. The maximum atomic E-state index is 12.0. The third-order valence-electron chi connectivity index (χ3n) is 2.64. The summed E-state index contributed by atoms with van der Waals surface area (Å²) >= 11 is 0. The number of carbonyl (C=O) groups is 2. The van der Waals surface area contributed by atoms with Crippen LogP contribution in [0.25, 0.3) is 0 Å². The highest BCUT2D eigenvalue weighted by Crippen LogP contribution is 2.23. The van der Waals surface area contributed by atoms with E-state index in [0.717, 1.165) is 0 Å². The van der Waals surface area contributed by atoms with Crippen molar-refractivity contribution in [1.82, 2.24) is 5.32 Å². The Hall–Kier alpha value is -2.24. The molecule has 0 radical (unpaired) electrons. The van der Waals surface area contributed by atoms with Gasteiger partial charge in [-0.2, -0.15) is 0 Å². The first kappa shape index (κ1) is 14.8. The summed E-state index contributed by atoms with van der Waals surface area (Å²) in [6.45, 7) is 0.462. The molecule has 1 aromatic rings. The Morgan fingerprint density at radius 3 is 2.68 bits per heavy atom. The van der Waals surface area contributed by atoms with Crippen molar-refractivity contribution in [2.24, 2.45) is 5.73 Å². The van der Waals surface area contributed by atoms with Gasteiger partial charge in [0.1, 0.15) is 11.3 Å². The van der Waals surface area contributed by atoms with E-state index in [2.05, 4.69) is 5.32 Å². The van der Waals surface area contributed by atoms with Crippen molar-refractivity contribution in [3.05, 3.63) is 23.8 Å². The summed E-state index contributed by atoms with van der Waals surface area (Å²) < 4.78 is 5.10. The third-order valence-corrected chi connectivity index (χ3v) is 2.64. The van der Waals surface area contributed by atoms with Gasteiger partial charge in [0.15, 0.2) is 0 Å². The van der Waals surface area contributed by atoms with Crippen molar-refractivity contribution >= 4 is 17.5 Å². The summed E-state index contributed by atoms with van der Waals surface area (Å²) in [4.78, 5) is 22.5. The van der Waals surface area contributed by atoms with Crippen LogP contribution in [0.4, 0.5) is 5.69 Å². The van der Waals surface area contributed by atoms with Crippen LogP contribution >= 0.6 is 0 Å². The fraction of sp³-hybridized carbons (Fsp3) is 0.385. The van der Waals surface area contributed by atoms with E-state index in [0.29, 0.717) is 42.8 Å². The number of methoxy groups -OCH3 is 1. The second-order valence-electron chi connectivity index (χ2n) is 4.10. The number of hydrogen-bond acceptors (Lipinski definition) is 4. The quantitative estimate of drug-likeness (QED) is 0.497. The molecule has 104 valence electrons. The molecule has 5 N–H and O–H groups in total. The SMILES string of the molecule is COc1cccc(N)c1C(=O)NCCCCC(N)=O. The van der Waals surface area contributed by atoms with E-state index in [1.807, 2.05) is 0 Å². The van der Waals surface area contributed by atoms with Gasteiger partial charge in [-0.05, 0) is 25.0 Å². The Balaban J connectivity index is 2.52. The summed E-state index contributed by atoms with van der Waals surface area (Å²) in [5, 5.41) is 2.74. The highest BCUT2D eigenvalue weighted by atomic mass is 16.5. The average Bonchev–Trinajstić information content (AvgIpc) is 2.37. The number of nitrogen functional groups attached to an aromatic ring is 1. The smallest absolute Gasteiger partial charge is 0.257 e. The second-order valence-corrected chi connectivity index (χ2v) is 4.10. The van der Waals surface area contributed by atoms with Crippen LogP contribution in [0, 0.1) is 0 Å². The van der Waals surface area contributed by atoms with Gasteiger partial charge < -0.3 is 21.5 Å². The normalized spacial score (nSPS) is 9.95. The molecular weight excluding hydrogens is 246 g/mol. The van der Waals surface area contributed by atoms with Crippen LogP contribution in [-0.2, 0) is 4.79 Å². The summed E-state index contributed by atoms with van der Waals surface area (Å²) in [5.41, 5.74) is 11.5.